The highest BCUT2D eigenvalue weighted by Crippen LogP contribution is 2.32. The van der Waals surface area contributed by atoms with Gasteiger partial charge in [0.1, 0.15) is 29.2 Å². The second-order valence-corrected chi connectivity index (χ2v) is 9.77. The van der Waals surface area contributed by atoms with Crippen LogP contribution in [0.2, 0.25) is 0 Å². The molecule has 0 fully saturated rings. The van der Waals surface area contributed by atoms with Crippen molar-refractivity contribution in [2.75, 3.05) is 64.3 Å². The number of fused-ring (bicyclic) bond motifs is 2. The van der Waals surface area contributed by atoms with Crippen molar-refractivity contribution in [2.45, 2.75) is 26.4 Å². The maximum absolute atomic E-state index is 12.2. The zero-order valence-electron chi connectivity index (χ0n) is 25.0. The van der Waals surface area contributed by atoms with Crippen LogP contribution >= 0.6 is 0 Å². The third-order valence-corrected chi connectivity index (χ3v) is 6.56. The van der Waals surface area contributed by atoms with E-state index in [2.05, 4.69) is 30.2 Å². The predicted molar refractivity (Wildman–Crippen MR) is 164 cm³/mol. The van der Waals surface area contributed by atoms with Crippen LogP contribution in [-0.2, 0) is 36.8 Å². The van der Waals surface area contributed by atoms with Crippen molar-refractivity contribution >= 4 is 39.9 Å². The summed E-state index contributed by atoms with van der Waals surface area (Å²) in [5, 5.41) is 8.20. The van der Waals surface area contributed by atoms with Gasteiger partial charge in [0.15, 0.2) is 11.2 Å². The number of carbonyl (C=O) groups excluding carboxylic acids is 1. The van der Waals surface area contributed by atoms with Crippen molar-refractivity contribution in [1.82, 2.24) is 40.0 Å². The molecule has 4 aromatic heterocycles. The quantitative estimate of drug-likeness (QED) is 0.119. The molecule has 45 heavy (non-hydrogen) atoms. The van der Waals surface area contributed by atoms with Crippen LogP contribution in [0.4, 0.5) is 11.8 Å². The minimum absolute atomic E-state index is 0.0846. The summed E-state index contributed by atoms with van der Waals surface area (Å²) in [6.07, 6.45) is 4.98. The Morgan fingerprint density at radius 3 is 2.38 bits per heavy atom. The molecule has 5 N–H and O–H groups in total. The van der Waals surface area contributed by atoms with Gasteiger partial charge in [-0.25, -0.2) is 24.6 Å². The van der Waals surface area contributed by atoms with E-state index in [1.54, 1.807) is 23.1 Å². The molecule has 4 heterocycles. The molecule has 238 valence electrons. The van der Waals surface area contributed by atoms with E-state index in [0.29, 0.717) is 92.3 Å². The number of ether oxygens (including phenoxy) is 4. The lowest BCUT2D eigenvalue weighted by Gasteiger charge is -2.08. The predicted octanol–water partition coefficient (Wildman–Crippen LogP) is 1.73. The first-order chi connectivity index (χ1) is 22.0. The zero-order valence-corrected chi connectivity index (χ0v) is 25.0. The normalized spacial score (nSPS) is 11.5. The van der Waals surface area contributed by atoms with Gasteiger partial charge in [-0.1, -0.05) is 0 Å². The summed E-state index contributed by atoms with van der Waals surface area (Å²) in [7, 11) is 0. The van der Waals surface area contributed by atoms with E-state index >= 15 is 0 Å². The number of hydrogen-bond donors (Lipinski definition) is 3. The first-order valence-electron chi connectivity index (χ1n) is 14.5. The Balaban J connectivity index is 1.07. The van der Waals surface area contributed by atoms with Crippen LogP contribution in [0.3, 0.4) is 0 Å². The fourth-order valence-corrected chi connectivity index (χ4v) is 4.40. The SMILES string of the molecule is CCOCCOCCOCCOCCC(=O)NCc1ncc(Cn2nc(-c3ccc4oc(N)nc4c3)c3c(N)ncnc32)cn1. The standard InChI is InChI=1S/C29H36N10O6/c1-2-41-7-8-43-11-12-44-10-9-42-6-5-24(40)34-16-23-32-14-19(15-33-23)17-39-28-25(27(30)35-18-36-28)26(38-39)20-3-4-22-21(13-20)37-29(31)45-22/h3-4,13-15,18H,2,5-12,16-17H2,1H3,(H2,31,37)(H,34,40)(H2,30,35,36). The average molecular weight is 621 g/mol. The summed E-state index contributed by atoms with van der Waals surface area (Å²) in [5.41, 5.74) is 15.8. The topological polar surface area (TPSA) is 213 Å². The number of hydrogen-bond acceptors (Lipinski definition) is 14. The zero-order chi connectivity index (χ0) is 31.4. The van der Waals surface area contributed by atoms with Gasteiger partial charge < -0.3 is 40.1 Å². The van der Waals surface area contributed by atoms with Crippen LogP contribution in [0.15, 0.2) is 41.3 Å². The van der Waals surface area contributed by atoms with Gasteiger partial charge in [0.25, 0.3) is 6.01 Å². The van der Waals surface area contributed by atoms with Crippen molar-refractivity contribution < 1.29 is 28.2 Å². The fraction of sp³-hybridized carbons (Fsp3) is 0.414. The molecule has 1 aromatic carbocycles. The van der Waals surface area contributed by atoms with Crippen LogP contribution in [0.5, 0.6) is 0 Å². The summed E-state index contributed by atoms with van der Waals surface area (Å²) in [6.45, 7) is 6.38. The lowest BCUT2D eigenvalue weighted by Crippen LogP contribution is -2.25. The molecule has 0 bridgehead atoms. The van der Waals surface area contributed by atoms with E-state index in [-0.39, 0.29) is 31.5 Å². The van der Waals surface area contributed by atoms with Crippen molar-refractivity contribution in [3.05, 3.63) is 48.3 Å². The minimum Gasteiger partial charge on any atom is -0.424 e. The van der Waals surface area contributed by atoms with E-state index < -0.39 is 0 Å². The van der Waals surface area contributed by atoms with Crippen molar-refractivity contribution in [1.29, 1.82) is 0 Å². The molecular weight excluding hydrogens is 584 g/mol. The Bertz CT molecular complexity index is 1690. The molecule has 0 aliphatic rings. The Kier molecular flexibility index (Phi) is 11.1. The number of benzene rings is 1. The number of aromatic nitrogens is 7. The van der Waals surface area contributed by atoms with Gasteiger partial charge in [-0.3, -0.25) is 4.79 Å². The smallest absolute Gasteiger partial charge is 0.292 e. The highest BCUT2D eigenvalue weighted by molar-refractivity contribution is 5.99. The number of oxazole rings is 1. The number of nitrogens with two attached hydrogens (primary N) is 2. The lowest BCUT2D eigenvalue weighted by molar-refractivity contribution is -0.122. The molecule has 5 rings (SSSR count). The van der Waals surface area contributed by atoms with Gasteiger partial charge in [-0.05, 0) is 25.1 Å². The van der Waals surface area contributed by atoms with Gasteiger partial charge in [0, 0.05) is 36.5 Å². The number of nitrogens with zero attached hydrogens (tertiary/aromatic N) is 7. The van der Waals surface area contributed by atoms with E-state index in [1.165, 1.54) is 6.33 Å². The highest BCUT2D eigenvalue weighted by Gasteiger charge is 2.18. The van der Waals surface area contributed by atoms with Gasteiger partial charge in [0.2, 0.25) is 5.91 Å². The summed E-state index contributed by atoms with van der Waals surface area (Å²) in [4.78, 5) is 33.8. The molecule has 16 heteroatoms. The number of amides is 1. The third kappa shape index (κ3) is 8.66. The molecule has 16 nitrogen and oxygen atoms in total. The first kappa shape index (κ1) is 31.6. The molecular formula is C29H36N10O6. The van der Waals surface area contributed by atoms with Gasteiger partial charge in [-0.2, -0.15) is 10.1 Å². The second-order valence-electron chi connectivity index (χ2n) is 9.77. The van der Waals surface area contributed by atoms with Gasteiger partial charge in [-0.15, -0.1) is 0 Å². The van der Waals surface area contributed by atoms with Crippen molar-refractivity contribution in [2.24, 2.45) is 0 Å². The Hall–Kier alpha value is -4.77. The molecule has 0 aliphatic heterocycles. The molecule has 1 amide bonds. The largest absolute Gasteiger partial charge is 0.424 e. The van der Waals surface area contributed by atoms with Crippen LogP contribution in [0, 0.1) is 0 Å². The number of carbonyl (C=O) groups is 1. The second kappa shape index (κ2) is 15.8. The van der Waals surface area contributed by atoms with Gasteiger partial charge >= 0.3 is 0 Å². The van der Waals surface area contributed by atoms with Gasteiger partial charge in [0.05, 0.1) is 64.7 Å². The number of nitrogen functional groups attached to an aromatic ring is 2. The molecule has 0 atom stereocenters. The number of nitrogens with one attached hydrogen (secondary N) is 1. The average Bonchev–Trinajstić information content (AvgIpc) is 3.61. The highest BCUT2D eigenvalue weighted by atomic mass is 16.6. The molecule has 0 spiro atoms. The van der Waals surface area contributed by atoms with Crippen LogP contribution in [0.25, 0.3) is 33.4 Å². The fourth-order valence-electron chi connectivity index (χ4n) is 4.40. The van der Waals surface area contributed by atoms with E-state index in [1.807, 2.05) is 19.1 Å². The number of rotatable bonds is 18. The molecule has 5 aromatic rings. The van der Waals surface area contributed by atoms with E-state index in [9.17, 15) is 4.79 Å². The molecule has 0 saturated carbocycles. The van der Waals surface area contributed by atoms with Crippen LogP contribution in [-0.4, -0.2) is 93.5 Å². The van der Waals surface area contributed by atoms with Crippen molar-refractivity contribution in [3.63, 3.8) is 0 Å². The summed E-state index contributed by atoms with van der Waals surface area (Å²) in [6, 6.07) is 5.54. The summed E-state index contributed by atoms with van der Waals surface area (Å²) < 4.78 is 28.5. The minimum atomic E-state index is -0.161. The molecule has 0 aliphatic carbocycles. The molecule has 0 radical (unpaired) electrons. The van der Waals surface area contributed by atoms with Crippen LogP contribution in [0.1, 0.15) is 24.7 Å². The monoisotopic (exact) mass is 620 g/mol. The Morgan fingerprint density at radius 1 is 0.933 bits per heavy atom. The Morgan fingerprint density at radius 2 is 1.64 bits per heavy atom. The maximum Gasteiger partial charge on any atom is 0.292 e. The summed E-state index contributed by atoms with van der Waals surface area (Å²) in [5.74, 6) is 0.616. The first-order valence-corrected chi connectivity index (χ1v) is 14.5. The van der Waals surface area contributed by atoms with E-state index in [0.717, 1.165) is 11.1 Å². The lowest BCUT2D eigenvalue weighted by atomic mass is 10.1. The van der Waals surface area contributed by atoms with Crippen LogP contribution < -0.4 is 16.8 Å². The third-order valence-electron chi connectivity index (χ3n) is 6.56. The molecule has 0 saturated heterocycles. The number of anilines is 2. The Labute approximate surface area is 258 Å². The van der Waals surface area contributed by atoms with Crippen molar-refractivity contribution in [3.8, 4) is 11.3 Å². The van der Waals surface area contributed by atoms with E-state index in [4.69, 9.17) is 39.9 Å². The summed E-state index contributed by atoms with van der Waals surface area (Å²) >= 11 is 0. The maximum atomic E-state index is 12.2. The molecule has 0 unspecified atom stereocenters.